The van der Waals surface area contributed by atoms with Crippen LogP contribution in [0.2, 0.25) is 0 Å². The fourth-order valence-corrected chi connectivity index (χ4v) is 2.72. The van der Waals surface area contributed by atoms with E-state index >= 15 is 0 Å². The molecule has 0 bridgehead atoms. The van der Waals surface area contributed by atoms with Crippen molar-refractivity contribution >= 4 is 23.5 Å². The lowest BCUT2D eigenvalue weighted by atomic mass is 9.89. The zero-order chi connectivity index (χ0) is 17.8. The molecule has 1 aliphatic rings. The molecule has 0 aliphatic heterocycles. The van der Waals surface area contributed by atoms with E-state index in [-0.39, 0.29) is 29.8 Å². The van der Waals surface area contributed by atoms with Gasteiger partial charge in [0.2, 0.25) is 0 Å². The van der Waals surface area contributed by atoms with Crippen molar-refractivity contribution in [1.82, 2.24) is 0 Å². The van der Waals surface area contributed by atoms with E-state index in [1.54, 1.807) is 0 Å². The summed E-state index contributed by atoms with van der Waals surface area (Å²) >= 11 is 0. The lowest BCUT2D eigenvalue weighted by Crippen LogP contribution is -2.17. The third-order valence-electron chi connectivity index (χ3n) is 4.00. The molecule has 0 saturated heterocycles. The lowest BCUT2D eigenvalue weighted by Gasteiger charge is -2.14. The first-order valence-electron chi connectivity index (χ1n) is 8.23. The quantitative estimate of drug-likeness (QED) is 0.630. The Bertz CT molecular complexity index is 415. The number of unbranched alkanes of at least 4 members (excludes halogenated alkanes) is 3. The minimum atomic E-state index is -0.869. The highest BCUT2D eigenvalue weighted by molar-refractivity contribution is 5.90. The van der Waals surface area contributed by atoms with Gasteiger partial charge in [-0.05, 0) is 25.7 Å². The van der Waals surface area contributed by atoms with Crippen LogP contribution in [0.5, 0.6) is 0 Å². The Labute approximate surface area is 137 Å². The number of ketones is 2. The van der Waals surface area contributed by atoms with Crippen LogP contribution in [0.15, 0.2) is 0 Å². The second-order valence-corrected chi connectivity index (χ2v) is 6.06. The summed E-state index contributed by atoms with van der Waals surface area (Å²) in [6.45, 7) is 3.58. The fraction of sp³-hybridized carbons (Fsp3) is 0.765. The molecule has 0 amide bonds. The lowest BCUT2D eigenvalue weighted by molar-refractivity contribution is -0.138. The number of hydrogen-bond acceptors (Lipinski definition) is 4. The molecule has 23 heavy (non-hydrogen) atoms. The Kier molecular flexibility index (Phi) is 10.9. The summed E-state index contributed by atoms with van der Waals surface area (Å²) in [7, 11) is 0. The molecular formula is C17H28O6. The van der Waals surface area contributed by atoms with E-state index in [4.69, 9.17) is 10.2 Å². The Morgan fingerprint density at radius 2 is 1.61 bits per heavy atom. The van der Waals surface area contributed by atoms with E-state index in [0.717, 1.165) is 19.3 Å². The van der Waals surface area contributed by atoms with Gasteiger partial charge in [0.25, 0.3) is 0 Å². The predicted octanol–water partition coefficient (Wildman–Crippen LogP) is 3.08. The topological polar surface area (TPSA) is 109 Å². The number of rotatable bonds is 9. The van der Waals surface area contributed by atoms with Gasteiger partial charge in [-0.2, -0.15) is 0 Å². The summed E-state index contributed by atoms with van der Waals surface area (Å²) in [6, 6.07) is 0. The molecule has 1 saturated carbocycles. The zero-order valence-electron chi connectivity index (χ0n) is 14.0. The maximum Gasteiger partial charge on any atom is 0.303 e. The molecule has 6 nitrogen and oxygen atoms in total. The van der Waals surface area contributed by atoms with E-state index in [0.29, 0.717) is 25.7 Å². The maximum absolute atomic E-state index is 11.1. The van der Waals surface area contributed by atoms with Crippen molar-refractivity contribution in [3.8, 4) is 0 Å². The van der Waals surface area contributed by atoms with Crippen LogP contribution in [0, 0.1) is 11.8 Å². The number of carbonyl (C=O) groups excluding carboxylic acids is 2. The standard InChI is InChI=1S/C10H14O4.C7H14O2/c1-6(11)9-5-8(12)4-7(9)2-3-10(13)14;1-2-3-4-5-6-7(8)9/h7,9H,2-5H2,1H3,(H,13,14);2-6H2,1H3,(H,8,9). The van der Waals surface area contributed by atoms with Crippen molar-refractivity contribution in [2.24, 2.45) is 11.8 Å². The minimum absolute atomic E-state index is 0.00578. The third kappa shape index (κ3) is 10.6. The van der Waals surface area contributed by atoms with E-state index in [9.17, 15) is 19.2 Å². The summed E-state index contributed by atoms with van der Waals surface area (Å²) in [5, 5.41) is 16.7. The van der Waals surface area contributed by atoms with Gasteiger partial charge in [-0.3, -0.25) is 19.2 Å². The smallest absolute Gasteiger partial charge is 0.303 e. The molecular weight excluding hydrogens is 300 g/mol. The average Bonchev–Trinajstić information content (AvgIpc) is 2.83. The number of hydrogen-bond donors (Lipinski definition) is 2. The number of carbonyl (C=O) groups is 4. The Morgan fingerprint density at radius 3 is 2.09 bits per heavy atom. The average molecular weight is 328 g/mol. The molecule has 1 fully saturated rings. The highest BCUT2D eigenvalue weighted by Crippen LogP contribution is 2.33. The van der Waals surface area contributed by atoms with E-state index in [1.165, 1.54) is 13.3 Å². The molecule has 0 aromatic rings. The van der Waals surface area contributed by atoms with Crippen molar-refractivity contribution in [2.75, 3.05) is 0 Å². The zero-order valence-corrected chi connectivity index (χ0v) is 14.0. The minimum Gasteiger partial charge on any atom is -0.481 e. The maximum atomic E-state index is 11.1. The van der Waals surface area contributed by atoms with Gasteiger partial charge in [0.15, 0.2) is 0 Å². The summed E-state index contributed by atoms with van der Waals surface area (Å²) in [5.41, 5.74) is 0. The van der Waals surface area contributed by atoms with Crippen LogP contribution in [0.25, 0.3) is 0 Å². The molecule has 0 aromatic carbocycles. The monoisotopic (exact) mass is 328 g/mol. The van der Waals surface area contributed by atoms with Gasteiger partial charge < -0.3 is 10.2 Å². The highest BCUT2D eigenvalue weighted by atomic mass is 16.4. The molecule has 1 rings (SSSR count). The Morgan fingerprint density at radius 1 is 1.00 bits per heavy atom. The van der Waals surface area contributed by atoms with E-state index in [1.807, 2.05) is 0 Å². The van der Waals surface area contributed by atoms with Gasteiger partial charge in [0.05, 0.1) is 0 Å². The van der Waals surface area contributed by atoms with Crippen molar-refractivity contribution in [1.29, 1.82) is 0 Å². The van der Waals surface area contributed by atoms with Gasteiger partial charge in [-0.1, -0.05) is 26.2 Å². The van der Waals surface area contributed by atoms with Crippen LogP contribution in [0.3, 0.4) is 0 Å². The van der Waals surface area contributed by atoms with E-state index in [2.05, 4.69) is 6.92 Å². The second kappa shape index (κ2) is 11.8. The Balaban J connectivity index is 0.000000468. The number of aliphatic carboxylic acids is 2. The molecule has 2 atom stereocenters. The second-order valence-electron chi connectivity index (χ2n) is 6.06. The van der Waals surface area contributed by atoms with Gasteiger partial charge in [-0.15, -0.1) is 0 Å². The predicted molar refractivity (Wildman–Crippen MR) is 85.2 cm³/mol. The van der Waals surface area contributed by atoms with Crippen LogP contribution in [0.4, 0.5) is 0 Å². The first-order valence-corrected chi connectivity index (χ1v) is 8.23. The van der Waals surface area contributed by atoms with Gasteiger partial charge in [-0.25, -0.2) is 0 Å². The molecule has 1 aliphatic carbocycles. The van der Waals surface area contributed by atoms with Gasteiger partial charge in [0.1, 0.15) is 11.6 Å². The number of Topliss-reactive ketones (excluding diaryl/α,β-unsaturated/α-hetero) is 2. The third-order valence-corrected chi connectivity index (χ3v) is 4.00. The first-order chi connectivity index (χ1) is 10.8. The van der Waals surface area contributed by atoms with Crippen LogP contribution in [-0.2, 0) is 19.2 Å². The van der Waals surface area contributed by atoms with Crippen LogP contribution >= 0.6 is 0 Å². The molecule has 6 heteroatoms. The molecule has 0 radical (unpaired) electrons. The SMILES string of the molecule is CC(=O)C1CC(=O)CC1CCC(=O)O.CCCCCCC(=O)O. The number of carboxylic acids is 2. The molecule has 2 unspecified atom stereocenters. The van der Waals surface area contributed by atoms with Crippen LogP contribution in [0.1, 0.15) is 71.6 Å². The van der Waals surface area contributed by atoms with Crippen molar-refractivity contribution in [3.63, 3.8) is 0 Å². The first kappa shape index (κ1) is 21.3. The van der Waals surface area contributed by atoms with Crippen molar-refractivity contribution in [2.45, 2.75) is 71.6 Å². The largest absolute Gasteiger partial charge is 0.481 e. The van der Waals surface area contributed by atoms with Gasteiger partial charge in [0, 0.05) is 31.6 Å². The summed E-state index contributed by atoms with van der Waals surface area (Å²) in [4.78, 5) is 42.6. The molecule has 132 valence electrons. The fourth-order valence-electron chi connectivity index (χ4n) is 2.72. The van der Waals surface area contributed by atoms with Crippen LogP contribution < -0.4 is 0 Å². The van der Waals surface area contributed by atoms with Gasteiger partial charge >= 0.3 is 11.9 Å². The Hall–Kier alpha value is -1.72. The normalized spacial score (nSPS) is 19.8. The summed E-state index contributed by atoms with van der Waals surface area (Å²) in [6.07, 6.45) is 5.71. The molecule has 0 aromatic heterocycles. The van der Waals surface area contributed by atoms with Crippen molar-refractivity contribution in [3.05, 3.63) is 0 Å². The van der Waals surface area contributed by atoms with Crippen LogP contribution in [-0.4, -0.2) is 33.7 Å². The molecule has 2 N–H and O–H groups in total. The highest BCUT2D eigenvalue weighted by Gasteiger charge is 2.35. The number of carboxylic acid groups (broad SMARTS) is 2. The van der Waals surface area contributed by atoms with E-state index < -0.39 is 11.9 Å². The molecule has 0 spiro atoms. The molecule has 0 heterocycles. The summed E-state index contributed by atoms with van der Waals surface area (Å²) in [5.74, 6) is -1.73. The van der Waals surface area contributed by atoms with Crippen molar-refractivity contribution < 1.29 is 29.4 Å². The summed E-state index contributed by atoms with van der Waals surface area (Å²) < 4.78 is 0.